The Morgan fingerprint density at radius 2 is 1.42 bits per heavy atom. The highest BCUT2D eigenvalue weighted by Crippen LogP contribution is 2.07. The third kappa shape index (κ3) is 8.52. The molecule has 6 nitrogen and oxygen atoms in total. The molecule has 0 saturated heterocycles. The highest BCUT2D eigenvalue weighted by Gasteiger charge is 2.29. The van der Waals surface area contributed by atoms with E-state index in [2.05, 4.69) is 6.92 Å². The van der Waals surface area contributed by atoms with E-state index in [-0.39, 0.29) is 6.61 Å². The van der Waals surface area contributed by atoms with Crippen LogP contribution >= 0.6 is 0 Å². The maximum atomic E-state index is 9.55. The number of aliphatic hydroxyl groups excluding tert-OH is 5. The summed E-state index contributed by atoms with van der Waals surface area (Å²) >= 11 is 0. The number of ether oxygens (including phenoxy) is 1. The third-order valence-electron chi connectivity index (χ3n) is 3.01. The zero-order valence-electron chi connectivity index (χ0n) is 11.6. The van der Waals surface area contributed by atoms with Crippen molar-refractivity contribution in [3.05, 3.63) is 0 Å². The van der Waals surface area contributed by atoms with Gasteiger partial charge in [-0.1, -0.05) is 32.6 Å². The van der Waals surface area contributed by atoms with E-state index in [4.69, 9.17) is 14.9 Å². The average molecular weight is 280 g/mol. The second-order valence-electron chi connectivity index (χ2n) is 4.79. The van der Waals surface area contributed by atoms with Gasteiger partial charge in [-0.05, 0) is 6.42 Å². The number of unbranched alkanes of at least 4 members (excludes halogenated alkanes) is 4. The molecule has 0 heterocycles. The quantitative estimate of drug-likeness (QED) is 0.306. The van der Waals surface area contributed by atoms with Crippen LogP contribution in [-0.4, -0.2) is 69.8 Å². The SMILES string of the molecule is CCCCCCCOC[C@@H](O)[C@@H](O)[C@H](O)[C@H](O)CO. The Balaban J connectivity index is 3.64. The molecule has 0 aliphatic heterocycles. The maximum Gasteiger partial charge on any atom is 0.111 e. The summed E-state index contributed by atoms with van der Waals surface area (Å²) in [6, 6.07) is 0. The Labute approximate surface area is 114 Å². The molecule has 0 unspecified atom stereocenters. The van der Waals surface area contributed by atoms with Crippen molar-refractivity contribution in [3.8, 4) is 0 Å². The van der Waals surface area contributed by atoms with E-state index >= 15 is 0 Å². The largest absolute Gasteiger partial charge is 0.394 e. The first-order chi connectivity index (χ1) is 9.04. The molecule has 116 valence electrons. The van der Waals surface area contributed by atoms with Gasteiger partial charge in [0.25, 0.3) is 0 Å². The monoisotopic (exact) mass is 280 g/mol. The van der Waals surface area contributed by atoms with Gasteiger partial charge in [0.15, 0.2) is 0 Å². The van der Waals surface area contributed by atoms with Crippen LogP contribution in [0.25, 0.3) is 0 Å². The molecule has 0 spiro atoms. The Morgan fingerprint density at radius 3 is 2.00 bits per heavy atom. The summed E-state index contributed by atoms with van der Waals surface area (Å²) in [6.45, 7) is 1.85. The zero-order chi connectivity index (χ0) is 14.7. The average Bonchev–Trinajstić information content (AvgIpc) is 2.43. The molecular formula is C13H28O6. The van der Waals surface area contributed by atoms with Gasteiger partial charge in [0.05, 0.1) is 13.2 Å². The second kappa shape index (κ2) is 11.6. The number of hydrogen-bond acceptors (Lipinski definition) is 6. The van der Waals surface area contributed by atoms with E-state index in [1.807, 2.05) is 0 Å². The van der Waals surface area contributed by atoms with E-state index in [0.29, 0.717) is 6.61 Å². The fraction of sp³-hybridized carbons (Fsp3) is 1.00. The minimum Gasteiger partial charge on any atom is -0.394 e. The number of aliphatic hydroxyl groups is 5. The van der Waals surface area contributed by atoms with E-state index in [1.165, 1.54) is 12.8 Å². The van der Waals surface area contributed by atoms with Crippen LogP contribution in [0.1, 0.15) is 39.0 Å². The first kappa shape index (κ1) is 18.8. The summed E-state index contributed by atoms with van der Waals surface area (Å²) in [5, 5.41) is 46.2. The van der Waals surface area contributed by atoms with Crippen molar-refractivity contribution >= 4 is 0 Å². The smallest absolute Gasteiger partial charge is 0.111 e. The first-order valence-corrected chi connectivity index (χ1v) is 6.95. The number of rotatable bonds is 12. The van der Waals surface area contributed by atoms with Gasteiger partial charge in [-0.3, -0.25) is 0 Å². The highest BCUT2D eigenvalue weighted by atomic mass is 16.5. The summed E-state index contributed by atoms with van der Waals surface area (Å²) in [4.78, 5) is 0. The van der Waals surface area contributed by atoms with E-state index in [9.17, 15) is 15.3 Å². The molecule has 5 N–H and O–H groups in total. The van der Waals surface area contributed by atoms with Crippen molar-refractivity contribution in [1.29, 1.82) is 0 Å². The summed E-state index contributed by atoms with van der Waals surface area (Å²) < 4.78 is 5.20. The van der Waals surface area contributed by atoms with Crippen molar-refractivity contribution in [2.75, 3.05) is 19.8 Å². The van der Waals surface area contributed by atoms with Crippen LogP contribution in [0.3, 0.4) is 0 Å². The lowest BCUT2D eigenvalue weighted by molar-refractivity contribution is -0.129. The maximum absolute atomic E-state index is 9.55. The predicted octanol–water partition coefficient (Wildman–Crippen LogP) is -0.591. The van der Waals surface area contributed by atoms with Gasteiger partial charge in [-0.25, -0.2) is 0 Å². The Bertz CT molecular complexity index is 202. The lowest BCUT2D eigenvalue weighted by Gasteiger charge is -2.25. The Hall–Kier alpha value is -0.240. The highest BCUT2D eigenvalue weighted by molar-refractivity contribution is 4.80. The fourth-order valence-corrected chi connectivity index (χ4v) is 1.67. The summed E-state index contributed by atoms with van der Waals surface area (Å²) in [5.41, 5.74) is 0. The van der Waals surface area contributed by atoms with Crippen LogP contribution in [0.5, 0.6) is 0 Å². The predicted molar refractivity (Wildman–Crippen MR) is 70.7 cm³/mol. The lowest BCUT2D eigenvalue weighted by atomic mass is 10.0. The summed E-state index contributed by atoms with van der Waals surface area (Å²) in [6.07, 6.45) is -0.389. The second-order valence-corrected chi connectivity index (χ2v) is 4.79. The molecule has 0 aromatic rings. The van der Waals surface area contributed by atoms with Crippen molar-refractivity contribution in [1.82, 2.24) is 0 Å². The molecule has 0 amide bonds. The van der Waals surface area contributed by atoms with Gasteiger partial charge in [-0.2, -0.15) is 0 Å². The molecule has 0 aliphatic carbocycles. The van der Waals surface area contributed by atoms with Crippen molar-refractivity contribution in [2.24, 2.45) is 0 Å². The molecule has 0 rings (SSSR count). The summed E-state index contributed by atoms with van der Waals surface area (Å²) in [7, 11) is 0. The van der Waals surface area contributed by atoms with Gasteiger partial charge in [-0.15, -0.1) is 0 Å². The number of hydrogen-bond donors (Lipinski definition) is 5. The van der Waals surface area contributed by atoms with Crippen molar-refractivity contribution in [3.63, 3.8) is 0 Å². The summed E-state index contributed by atoms with van der Waals surface area (Å²) in [5.74, 6) is 0. The van der Waals surface area contributed by atoms with Gasteiger partial charge in [0.2, 0.25) is 0 Å². The zero-order valence-corrected chi connectivity index (χ0v) is 11.6. The van der Waals surface area contributed by atoms with Crippen LogP contribution in [-0.2, 0) is 4.74 Å². The Morgan fingerprint density at radius 1 is 0.842 bits per heavy atom. The lowest BCUT2D eigenvalue weighted by Crippen LogP contribution is -2.47. The minimum atomic E-state index is -1.59. The molecule has 0 radical (unpaired) electrons. The minimum absolute atomic E-state index is 0.107. The molecule has 0 aromatic heterocycles. The van der Waals surface area contributed by atoms with E-state index in [1.54, 1.807) is 0 Å². The molecule has 19 heavy (non-hydrogen) atoms. The molecule has 0 aromatic carbocycles. The van der Waals surface area contributed by atoms with Crippen LogP contribution < -0.4 is 0 Å². The molecule has 0 bridgehead atoms. The molecule has 0 saturated carbocycles. The molecule has 4 atom stereocenters. The fourth-order valence-electron chi connectivity index (χ4n) is 1.67. The van der Waals surface area contributed by atoms with Gasteiger partial charge in [0.1, 0.15) is 24.4 Å². The standard InChI is InChI=1S/C13H28O6/c1-2-3-4-5-6-7-19-9-11(16)13(18)12(17)10(15)8-14/h10-18H,2-9H2,1H3/t10-,11-,12-,13-/m1/s1. The van der Waals surface area contributed by atoms with Crippen LogP contribution in [0.2, 0.25) is 0 Å². The van der Waals surface area contributed by atoms with Crippen LogP contribution in [0, 0.1) is 0 Å². The van der Waals surface area contributed by atoms with Crippen LogP contribution in [0.15, 0.2) is 0 Å². The Kier molecular flexibility index (Phi) is 11.4. The topological polar surface area (TPSA) is 110 Å². The van der Waals surface area contributed by atoms with Gasteiger partial charge in [0, 0.05) is 6.61 Å². The van der Waals surface area contributed by atoms with Crippen molar-refractivity contribution < 1.29 is 30.3 Å². The molecule has 0 aliphatic rings. The third-order valence-corrected chi connectivity index (χ3v) is 3.01. The van der Waals surface area contributed by atoms with Crippen molar-refractivity contribution in [2.45, 2.75) is 63.4 Å². The van der Waals surface area contributed by atoms with Gasteiger partial charge >= 0.3 is 0 Å². The van der Waals surface area contributed by atoms with E-state index in [0.717, 1.165) is 19.3 Å². The normalized spacial score (nSPS) is 18.0. The molecule has 0 fully saturated rings. The van der Waals surface area contributed by atoms with Gasteiger partial charge < -0.3 is 30.3 Å². The molecular weight excluding hydrogens is 252 g/mol. The first-order valence-electron chi connectivity index (χ1n) is 6.95. The van der Waals surface area contributed by atoms with E-state index < -0.39 is 31.0 Å². The molecule has 6 heteroatoms. The van der Waals surface area contributed by atoms with Crippen LogP contribution in [0.4, 0.5) is 0 Å².